The number of rotatable bonds is 10. The maximum Gasteiger partial charge on any atom is 0.224 e. The molecule has 1 amide bonds. The number of hydrogen-bond acceptors (Lipinski definition) is 3. The molecule has 0 unspecified atom stereocenters. The Morgan fingerprint density at radius 1 is 1.08 bits per heavy atom. The van der Waals surface area contributed by atoms with Crippen molar-refractivity contribution in [3.8, 4) is 5.75 Å². The van der Waals surface area contributed by atoms with Crippen LogP contribution in [0.2, 0.25) is 0 Å². The largest absolute Gasteiger partial charge is 0.492 e. The van der Waals surface area contributed by atoms with Gasteiger partial charge < -0.3 is 15.8 Å². The molecule has 0 heterocycles. The van der Waals surface area contributed by atoms with E-state index in [4.69, 9.17) is 10.5 Å². The summed E-state index contributed by atoms with van der Waals surface area (Å²) in [7, 11) is 0. The number of ether oxygens (including phenoxy) is 1. The SMILES string of the molecule is Cc1cccc(CCCCNC(=O)Cc2ccc(OCCN)cc2)c1. The highest BCUT2D eigenvalue weighted by Gasteiger charge is 2.03. The molecule has 134 valence electrons. The monoisotopic (exact) mass is 340 g/mol. The smallest absolute Gasteiger partial charge is 0.224 e. The molecule has 3 N–H and O–H groups in total. The number of nitrogens with two attached hydrogens (primary N) is 1. The van der Waals surface area contributed by atoms with Gasteiger partial charge in [-0.1, -0.05) is 42.0 Å². The number of aryl methyl sites for hydroxylation is 2. The van der Waals surface area contributed by atoms with Gasteiger partial charge in [0.25, 0.3) is 0 Å². The normalized spacial score (nSPS) is 10.5. The molecule has 0 fully saturated rings. The van der Waals surface area contributed by atoms with Crippen LogP contribution in [0.3, 0.4) is 0 Å². The molecule has 0 aliphatic carbocycles. The highest BCUT2D eigenvalue weighted by Crippen LogP contribution is 2.12. The van der Waals surface area contributed by atoms with Gasteiger partial charge in [0.05, 0.1) is 6.42 Å². The van der Waals surface area contributed by atoms with Gasteiger partial charge in [-0.2, -0.15) is 0 Å². The van der Waals surface area contributed by atoms with E-state index >= 15 is 0 Å². The zero-order valence-electron chi connectivity index (χ0n) is 15.0. The van der Waals surface area contributed by atoms with E-state index in [2.05, 4.69) is 36.5 Å². The van der Waals surface area contributed by atoms with Crippen molar-refractivity contribution in [2.75, 3.05) is 19.7 Å². The maximum atomic E-state index is 12.0. The van der Waals surface area contributed by atoms with Crippen LogP contribution in [0.5, 0.6) is 5.75 Å². The molecule has 2 aromatic carbocycles. The zero-order chi connectivity index (χ0) is 17.9. The van der Waals surface area contributed by atoms with Crippen LogP contribution in [0, 0.1) is 6.92 Å². The second-order valence-corrected chi connectivity index (χ2v) is 6.25. The molecular weight excluding hydrogens is 312 g/mol. The van der Waals surface area contributed by atoms with E-state index in [9.17, 15) is 4.79 Å². The lowest BCUT2D eigenvalue weighted by Crippen LogP contribution is -2.26. The minimum absolute atomic E-state index is 0.0613. The van der Waals surface area contributed by atoms with Gasteiger partial charge in [0.15, 0.2) is 0 Å². The Morgan fingerprint density at radius 3 is 2.60 bits per heavy atom. The van der Waals surface area contributed by atoms with Crippen molar-refractivity contribution >= 4 is 5.91 Å². The van der Waals surface area contributed by atoms with Gasteiger partial charge in [0.1, 0.15) is 12.4 Å². The Hall–Kier alpha value is -2.33. The molecule has 0 spiro atoms. The number of carbonyl (C=O) groups excluding carboxylic acids is 1. The lowest BCUT2D eigenvalue weighted by atomic mass is 10.1. The summed E-state index contributed by atoms with van der Waals surface area (Å²) in [5, 5.41) is 2.99. The Bertz CT molecular complexity index is 653. The first kappa shape index (κ1) is 19.0. The van der Waals surface area contributed by atoms with Crippen LogP contribution in [-0.2, 0) is 17.6 Å². The van der Waals surface area contributed by atoms with Crippen LogP contribution in [0.4, 0.5) is 0 Å². The second-order valence-electron chi connectivity index (χ2n) is 6.25. The van der Waals surface area contributed by atoms with Gasteiger partial charge in [-0.3, -0.25) is 4.79 Å². The third-order valence-electron chi connectivity index (χ3n) is 3.97. The van der Waals surface area contributed by atoms with E-state index in [-0.39, 0.29) is 5.91 Å². The van der Waals surface area contributed by atoms with Crippen LogP contribution in [0.15, 0.2) is 48.5 Å². The molecule has 0 bridgehead atoms. The van der Waals surface area contributed by atoms with Gasteiger partial charge in [0.2, 0.25) is 5.91 Å². The van der Waals surface area contributed by atoms with Gasteiger partial charge >= 0.3 is 0 Å². The molecule has 4 nitrogen and oxygen atoms in total. The summed E-state index contributed by atoms with van der Waals surface area (Å²) < 4.78 is 5.43. The molecule has 0 radical (unpaired) electrons. The van der Waals surface area contributed by atoms with Crippen LogP contribution in [-0.4, -0.2) is 25.6 Å². The summed E-state index contributed by atoms with van der Waals surface area (Å²) in [5.41, 5.74) is 9.05. The predicted octanol–water partition coefficient (Wildman–Crippen LogP) is 3.01. The molecule has 2 rings (SSSR count). The zero-order valence-corrected chi connectivity index (χ0v) is 15.0. The highest BCUT2D eigenvalue weighted by molar-refractivity contribution is 5.78. The van der Waals surface area contributed by atoms with E-state index in [0.717, 1.165) is 37.1 Å². The molecule has 2 aromatic rings. The van der Waals surface area contributed by atoms with Crippen LogP contribution in [0.25, 0.3) is 0 Å². The maximum absolute atomic E-state index is 12.0. The van der Waals surface area contributed by atoms with Gasteiger partial charge in [-0.25, -0.2) is 0 Å². The van der Waals surface area contributed by atoms with Crippen molar-refractivity contribution < 1.29 is 9.53 Å². The molecule has 0 atom stereocenters. The fourth-order valence-corrected chi connectivity index (χ4v) is 2.68. The number of carbonyl (C=O) groups is 1. The highest BCUT2D eigenvalue weighted by atomic mass is 16.5. The average molecular weight is 340 g/mol. The lowest BCUT2D eigenvalue weighted by Gasteiger charge is -2.07. The molecule has 25 heavy (non-hydrogen) atoms. The number of hydrogen-bond donors (Lipinski definition) is 2. The number of benzene rings is 2. The van der Waals surface area contributed by atoms with Crippen molar-refractivity contribution in [3.63, 3.8) is 0 Å². The van der Waals surface area contributed by atoms with Crippen LogP contribution < -0.4 is 15.8 Å². The topological polar surface area (TPSA) is 64.3 Å². The molecular formula is C21H28N2O2. The van der Waals surface area contributed by atoms with Crippen molar-refractivity contribution in [1.29, 1.82) is 0 Å². The van der Waals surface area contributed by atoms with Crippen LogP contribution >= 0.6 is 0 Å². The summed E-state index contributed by atoms with van der Waals surface area (Å²) in [5.74, 6) is 0.844. The van der Waals surface area contributed by atoms with E-state index in [1.165, 1.54) is 11.1 Å². The molecule has 4 heteroatoms. The molecule has 0 saturated heterocycles. The third kappa shape index (κ3) is 7.40. The summed E-state index contributed by atoms with van der Waals surface area (Å²) >= 11 is 0. The first-order valence-electron chi connectivity index (χ1n) is 8.91. The molecule has 0 saturated carbocycles. The van der Waals surface area contributed by atoms with E-state index in [1.54, 1.807) is 0 Å². The first-order valence-corrected chi connectivity index (χ1v) is 8.91. The lowest BCUT2D eigenvalue weighted by molar-refractivity contribution is -0.120. The van der Waals surface area contributed by atoms with E-state index in [0.29, 0.717) is 19.6 Å². The Kier molecular flexibility index (Phi) is 7.99. The molecule has 0 aliphatic heterocycles. The van der Waals surface area contributed by atoms with Crippen molar-refractivity contribution in [2.24, 2.45) is 5.73 Å². The minimum Gasteiger partial charge on any atom is -0.492 e. The summed E-state index contributed by atoms with van der Waals surface area (Å²) in [6, 6.07) is 16.2. The quantitative estimate of drug-likeness (QED) is 0.654. The van der Waals surface area contributed by atoms with Gasteiger partial charge in [-0.05, 0) is 49.4 Å². The fourth-order valence-electron chi connectivity index (χ4n) is 2.68. The van der Waals surface area contributed by atoms with E-state index < -0.39 is 0 Å². The fraction of sp³-hybridized carbons (Fsp3) is 0.381. The third-order valence-corrected chi connectivity index (χ3v) is 3.97. The second kappa shape index (κ2) is 10.5. The Balaban J connectivity index is 1.62. The van der Waals surface area contributed by atoms with Gasteiger partial charge in [-0.15, -0.1) is 0 Å². The van der Waals surface area contributed by atoms with Crippen molar-refractivity contribution in [3.05, 3.63) is 65.2 Å². The van der Waals surface area contributed by atoms with Crippen molar-refractivity contribution in [1.82, 2.24) is 5.32 Å². The van der Waals surface area contributed by atoms with Crippen molar-refractivity contribution in [2.45, 2.75) is 32.6 Å². The number of nitrogens with one attached hydrogen (secondary N) is 1. The first-order chi connectivity index (χ1) is 12.2. The molecule has 0 aliphatic rings. The Labute approximate surface area is 150 Å². The standard InChI is InChI=1S/C21H28N2O2/c1-17-5-4-7-18(15-17)6-2-3-13-23-21(24)16-19-8-10-20(11-9-19)25-14-12-22/h4-5,7-11,15H,2-3,6,12-14,16,22H2,1H3,(H,23,24). The van der Waals surface area contributed by atoms with E-state index in [1.807, 2.05) is 24.3 Å². The predicted molar refractivity (Wildman–Crippen MR) is 102 cm³/mol. The van der Waals surface area contributed by atoms with Gasteiger partial charge in [0, 0.05) is 13.1 Å². The summed E-state index contributed by atoms with van der Waals surface area (Å²) in [6.07, 6.45) is 3.53. The van der Waals surface area contributed by atoms with Crippen LogP contribution in [0.1, 0.15) is 29.5 Å². The number of unbranched alkanes of at least 4 members (excludes halogenated alkanes) is 1. The minimum atomic E-state index is 0.0613. The summed E-state index contributed by atoms with van der Waals surface area (Å²) in [6.45, 7) is 3.83. The molecule has 0 aromatic heterocycles. The average Bonchev–Trinajstić information content (AvgIpc) is 2.61. The number of amides is 1. The Morgan fingerprint density at radius 2 is 1.88 bits per heavy atom. The summed E-state index contributed by atoms with van der Waals surface area (Å²) in [4.78, 5) is 12.0.